The van der Waals surface area contributed by atoms with Crippen LogP contribution in [0.15, 0.2) is 17.3 Å². The van der Waals surface area contributed by atoms with E-state index in [4.69, 9.17) is 0 Å². The minimum absolute atomic E-state index is 0.0444. The lowest BCUT2D eigenvalue weighted by molar-refractivity contribution is 0.219. The van der Waals surface area contributed by atoms with Crippen LogP contribution in [0.4, 0.5) is 0 Å². The minimum Gasteiger partial charge on any atom is -0.314 e. The first-order valence-electron chi connectivity index (χ1n) is 5.27. The van der Waals surface area contributed by atoms with Gasteiger partial charge in [-0.15, -0.1) is 0 Å². The molecule has 90 valence electrons. The molecule has 0 amide bonds. The molecule has 0 aromatic carbocycles. The second kappa shape index (κ2) is 4.15. The number of hydrogen-bond acceptors (Lipinski definition) is 4. The summed E-state index contributed by atoms with van der Waals surface area (Å²) in [7, 11) is -3.44. The third-order valence-electron chi connectivity index (χ3n) is 2.78. The molecule has 2 atom stereocenters. The van der Waals surface area contributed by atoms with Crippen molar-refractivity contribution in [2.75, 3.05) is 13.1 Å². The zero-order valence-corrected chi connectivity index (χ0v) is 10.2. The average molecular weight is 244 g/mol. The predicted molar refractivity (Wildman–Crippen MR) is 59.4 cm³/mol. The Balaban J connectivity index is 2.36. The predicted octanol–water partition coefficient (Wildman–Crippen LogP) is -0.219. The first kappa shape index (κ1) is 11.6. The number of nitrogens with zero attached hydrogens (tertiary/aromatic N) is 2. The van der Waals surface area contributed by atoms with Crippen LogP contribution in [-0.4, -0.2) is 48.1 Å². The molecule has 2 heterocycles. The van der Waals surface area contributed by atoms with E-state index in [1.165, 1.54) is 16.6 Å². The molecule has 1 aliphatic heterocycles. The lowest BCUT2D eigenvalue weighted by Crippen LogP contribution is -2.57. The number of rotatable bonds is 2. The van der Waals surface area contributed by atoms with Crippen molar-refractivity contribution in [1.82, 2.24) is 19.8 Å². The molecule has 16 heavy (non-hydrogen) atoms. The zero-order chi connectivity index (χ0) is 11.8. The first-order chi connectivity index (χ1) is 7.53. The molecule has 0 saturated carbocycles. The highest BCUT2D eigenvalue weighted by molar-refractivity contribution is 7.89. The van der Waals surface area contributed by atoms with E-state index in [1.54, 1.807) is 0 Å². The Kier molecular flexibility index (Phi) is 3.00. The van der Waals surface area contributed by atoms with Crippen molar-refractivity contribution in [3.05, 3.63) is 12.3 Å². The monoisotopic (exact) mass is 244 g/mol. The third-order valence-corrected chi connectivity index (χ3v) is 4.84. The molecule has 7 heteroatoms. The van der Waals surface area contributed by atoms with Crippen molar-refractivity contribution in [3.63, 3.8) is 0 Å². The Hall–Kier alpha value is -0.920. The number of sulfonamides is 1. The van der Waals surface area contributed by atoms with Gasteiger partial charge in [0, 0.05) is 25.2 Å². The average Bonchev–Trinajstić information content (AvgIpc) is 2.69. The minimum atomic E-state index is -3.44. The van der Waals surface area contributed by atoms with Crippen LogP contribution in [0.1, 0.15) is 13.8 Å². The van der Waals surface area contributed by atoms with E-state index >= 15 is 0 Å². The van der Waals surface area contributed by atoms with Gasteiger partial charge < -0.3 is 5.32 Å². The highest BCUT2D eigenvalue weighted by Crippen LogP contribution is 2.20. The van der Waals surface area contributed by atoms with Crippen LogP contribution in [0.3, 0.4) is 0 Å². The Morgan fingerprint density at radius 2 is 2.00 bits per heavy atom. The maximum absolute atomic E-state index is 12.3. The summed E-state index contributed by atoms with van der Waals surface area (Å²) in [6.07, 6.45) is 1.45. The maximum atomic E-state index is 12.3. The Labute approximate surface area is 95.1 Å². The second-order valence-corrected chi connectivity index (χ2v) is 5.92. The third kappa shape index (κ3) is 1.85. The summed E-state index contributed by atoms with van der Waals surface area (Å²) in [5.74, 6) is 0. The summed E-state index contributed by atoms with van der Waals surface area (Å²) in [6, 6.07) is 1.39. The van der Waals surface area contributed by atoms with Crippen molar-refractivity contribution >= 4 is 10.0 Å². The van der Waals surface area contributed by atoms with Gasteiger partial charge in [0.05, 0.1) is 6.20 Å². The standard InChI is InChI=1S/C9H16N4O2S/c1-7-5-10-6-8(2)13(7)16(14,15)9-3-4-11-12-9/h3-4,7-8,10H,5-6H2,1-2H3,(H,11,12). The van der Waals surface area contributed by atoms with Crippen LogP contribution >= 0.6 is 0 Å². The molecule has 0 spiro atoms. The van der Waals surface area contributed by atoms with Crippen molar-refractivity contribution in [1.29, 1.82) is 0 Å². The van der Waals surface area contributed by atoms with Crippen LogP contribution < -0.4 is 5.32 Å². The van der Waals surface area contributed by atoms with Gasteiger partial charge >= 0.3 is 0 Å². The van der Waals surface area contributed by atoms with E-state index in [1.807, 2.05) is 13.8 Å². The van der Waals surface area contributed by atoms with E-state index < -0.39 is 10.0 Å². The molecule has 1 aromatic heterocycles. The van der Waals surface area contributed by atoms with Crippen molar-refractivity contribution in [2.24, 2.45) is 0 Å². The smallest absolute Gasteiger partial charge is 0.260 e. The molecule has 1 fully saturated rings. The van der Waals surface area contributed by atoms with Gasteiger partial charge in [0.1, 0.15) is 0 Å². The number of hydrogen-bond donors (Lipinski definition) is 2. The Morgan fingerprint density at radius 1 is 1.38 bits per heavy atom. The van der Waals surface area contributed by atoms with Crippen LogP contribution in [0, 0.1) is 0 Å². The molecule has 6 nitrogen and oxygen atoms in total. The van der Waals surface area contributed by atoms with E-state index in [2.05, 4.69) is 15.5 Å². The summed E-state index contributed by atoms with van der Waals surface area (Å²) in [6.45, 7) is 5.16. The van der Waals surface area contributed by atoms with Crippen molar-refractivity contribution < 1.29 is 8.42 Å². The largest absolute Gasteiger partial charge is 0.314 e. The highest BCUT2D eigenvalue weighted by Gasteiger charge is 2.36. The van der Waals surface area contributed by atoms with Gasteiger partial charge in [-0.3, -0.25) is 5.10 Å². The summed E-state index contributed by atoms with van der Waals surface area (Å²) in [4.78, 5) is 0. The van der Waals surface area contributed by atoms with Crippen LogP contribution in [0.2, 0.25) is 0 Å². The number of nitrogens with one attached hydrogen (secondary N) is 2. The molecule has 0 bridgehead atoms. The fourth-order valence-electron chi connectivity index (χ4n) is 2.09. The quantitative estimate of drug-likeness (QED) is 0.754. The molecule has 0 radical (unpaired) electrons. The van der Waals surface area contributed by atoms with Crippen molar-refractivity contribution in [2.45, 2.75) is 31.0 Å². The maximum Gasteiger partial charge on any atom is 0.260 e. The summed E-state index contributed by atoms with van der Waals surface area (Å²) in [5, 5.41) is 9.56. The van der Waals surface area contributed by atoms with Crippen molar-refractivity contribution in [3.8, 4) is 0 Å². The van der Waals surface area contributed by atoms with Gasteiger partial charge in [0.2, 0.25) is 0 Å². The normalized spacial score (nSPS) is 28.1. The number of H-pyrrole nitrogens is 1. The summed E-state index contributed by atoms with van der Waals surface area (Å²) < 4.78 is 26.1. The zero-order valence-electron chi connectivity index (χ0n) is 9.34. The summed E-state index contributed by atoms with van der Waals surface area (Å²) in [5.41, 5.74) is 0. The van der Waals surface area contributed by atoms with Gasteiger partial charge in [-0.05, 0) is 19.9 Å². The van der Waals surface area contributed by atoms with E-state index in [0.717, 1.165) is 0 Å². The molecular weight excluding hydrogens is 228 g/mol. The number of aromatic nitrogens is 2. The van der Waals surface area contributed by atoms with Gasteiger partial charge in [-0.25, -0.2) is 8.42 Å². The lowest BCUT2D eigenvalue weighted by atomic mass is 10.2. The topological polar surface area (TPSA) is 78.1 Å². The van der Waals surface area contributed by atoms with Crippen LogP contribution in [-0.2, 0) is 10.0 Å². The van der Waals surface area contributed by atoms with Crippen LogP contribution in [0.5, 0.6) is 0 Å². The number of piperazine rings is 1. The molecule has 1 saturated heterocycles. The molecule has 2 unspecified atom stereocenters. The molecule has 2 rings (SSSR count). The Bertz CT molecular complexity index is 432. The van der Waals surface area contributed by atoms with Gasteiger partial charge in [-0.2, -0.15) is 9.40 Å². The lowest BCUT2D eigenvalue weighted by Gasteiger charge is -2.37. The molecule has 1 aromatic rings. The van der Waals surface area contributed by atoms with E-state index in [-0.39, 0.29) is 17.1 Å². The fourth-order valence-corrected chi connectivity index (χ4v) is 3.81. The highest BCUT2D eigenvalue weighted by atomic mass is 32.2. The van der Waals surface area contributed by atoms with Gasteiger partial charge in [0.15, 0.2) is 5.03 Å². The first-order valence-corrected chi connectivity index (χ1v) is 6.71. The van der Waals surface area contributed by atoms with E-state index in [0.29, 0.717) is 13.1 Å². The fraction of sp³-hybridized carbons (Fsp3) is 0.667. The molecule has 0 aliphatic carbocycles. The second-order valence-electron chi connectivity index (χ2n) is 4.11. The summed E-state index contributed by atoms with van der Waals surface area (Å²) >= 11 is 0. The number of aromatic amines is 1. The molecular formula is C9H16N4O2S. The van der Waals surface area contributed by atoms with Gasteiger partial charge in [0.25, 0.3) is 10.0 Å². The van der Waals surface area contributed by atoms with Crippen LogP contribution in [0.25, 0.3) is 0 Å². The molecule has 1 aliphatic rings. The Morgan fingerprint density at radius 3 is 2.50 bits per heavy atom. The van der Waals surface area contributed by atoms with E-state index in [9.17, 15) is 8.42 Å². The molecule has 2 N–H and O–H groups in total. The van der Waals surface area contributed by atoms with Gasteiger partial charge in [-0.1, -0.05) is 0 Å². The SMILES string of the molecule is CC1CNCC(C)N1S(=O)(=O)c1ccn[nH]1.